The molecule has 1 aliphatic rings. The van der Waals surface area contributed by atoms with Crippen LogP contribution in [-0.4, -0.2) is 48.8 Å². The number of benzene rings is 2. The van der Waals surface area contributed by atoms with Crippen molar-refractivity contribution in [2.45, 2.75) is 32.3 Å². The first-order valence-electron chi connectivity index (χ1n) is 10.6. The molecule has 2 aromatic rings. The number of ether oxygens (including phenoxy) is 1. The Labute approximate surface area is 182 Å². The van der Waals surface area contributed by atoms with Gasteiger partial charge in [-0.05, 0) is 81.1 Å². The average Bonchev–Trinajstić information content (AvgIpc) is 2.75. The van der Waals surface area contributed by atoms with E-state index < -0.39 is 5.60 Å². The van der Waals surface area contributed by atoms with Gasteiger partial charge in [-0.15, -0.1) is 0 Å². The fourth-order valence-electron chi connectivity index (χ4n) is 3.98. The van der Waals surface area contributed by atoms with E-state index in [9.17, 15) is 18.7 Å². The third-order valence-corrected chi connectivity index (χ3v) is 5.53. The van der Waals surface area contributed by atoms with Crippen LogP contribution in [0.5, 0.6) is 0 Å². The molecule has 31 heavy (non-hydrogen) atoms. The van der Waals surface area contributed by atoms with Crippen LogP contribution in [0.25, 0.3) is 0 Å². The van der Waals surface area contributed by atoms with E-state index >= 15 is 0 Å². The van der Waals surface area contributed by atoms with E-state index in [0.717, 1.165) is 13.2 Å². The lowest BCUT2D eigenvalue weighted by Gasteiger charge is -2.42. The number of carbonyl (C=O) groups is 1. The Morgan fingerprint density at radius 1 is 1.00 bits per heavy atom. The van der Waals surface area contributed by atoms with Gasteiger partial charge < -0.3 is 15.6 Å². The van der Waals surface area contributed by atoms with Crippen LogP contribution in [0.4, 0.5) is 8.78 Å². The summed E-state index contributed by atoms with van der Waals surface area (Å²) in [5.74, 6) is -1.30. The molecule has 0 bridgehead atoms. The van der Waals surface area contributed by atoms with Crippen molar-refractivity contribution in [2.75, 3.05) is 32.8 Å². The van der Waals surface area contributed by atoms with Gasteiger partial charge in [0.1, 0.15) is 17.2 Å². The second-order valence-electron chi connectivity index (χ2n) is 7.58. The van der Waals surface area contributed by atoms with E-state index in [1.807, 2.05) is 18.7 Å². The van der Waals surface area contributed by atoms with E-state index in [4.69, 9.17) is 10.5 Å². The number of piperidine rings is 1. The number of nitrogens with zero attached hydrogens (tertiary/aromatic N) is 1. The summed E-state index contributed by atoms with van der Waals surface area (Å²) in [7, 11) is 0. The van der Waals surface area contributed by atoms with Crippen LogP contribution in [-0.2, 0) is 15.1 Å². The van der Waals surface area contributed by atoms with Crippen LogP contribution in [0.3, 0.4) is 0 Å². The summed E-state index contributed by atoms with van der Waals surface area (Å²) in [6.07, 6.45) is 1.27. The van der Waals surface area contributed by atoms with Crippen molar-refractivity contribution in [3.63, 3.8) is 0 Å². The molecule has 1 aliphatic heterocycles. The lowest BCUT2D eigenvalue weighted by Crippen LogP contribution is -2.46. The number of amides is 1. The van der Waals surface area contributed by atoms with Crippen molar-refractivity contribution in [3.8, 4) is 0 Å². The Morgan fingerprint density at radius 2 is 1.42 bits per heavy atom. The van der Waals surface area contributed by atoms with Crippen LogP contribution in [0.2, 0.25) is 0 Å². The molecule has 0 radical (unpaired) electrons. The monoisotopic (exact) mass is 434 g/mol. The average molecular weight is 435 g/mol. The molecule has 7 heteroatoms. The van der Waals surface area contributed by atoms with E-state index in [-0.39, 0.29) is 30.0 Å². The highest BCUT2D eigenvalue weighted by Gasteiger charge is 2.41. The number of likely N-dealkylation sites (tertiary alicyclic amines) is 1. The van der Waals surface area contributed by atoms with Crippen LogP contribution < -0.4 is 5.73 Å². The van der Waals surface area contributed by atoms with Gasteiger partial charge in [-0.2, -0.15) is 0 Å². The molecule has 3 N–H and O–H groups in total. The van der Waals surface area contributed by atoms with E-state index in [2.05, 4.69) is 0 Å². The maximum Gasteiger partial charge on any atom is 0.231 e. The lowest BCUT2D eigenvalue weighted by atomic mass is 9.72. The van der Waals surface area contributed by atoms with Crippen molar-refractivity contribution in [3.05, 3.63) is 71.3 Å². The molecule has 0 spiro atoms. The van der Waals surface area contributed by atoms with E-state index in [0.29, 0.717) is 37.1 Å². The summed E-state index contributed by atoms with van der Waals surface area (Å²) in [6, 6.07) is 11.5. The van der Waals surface area contributed by atoms with Crippen molar-refractivity contribution < 1.29 is 23.4 Å². The van der Waals surface area contributed by atoms with Gasteiger partial charge in [-0.3, -0.25) is 9.69 Å². The molecule has 170 valence electrons. The Kier molecular flexibility index (Phi) is 9.55. The molecular formula is C24H32F2N2O3. The maximum atomic E-state index is 13.4. The fraction of sp³-hybridized carbons (Fsp3) is 0.458. The zero-order valence-electron chi connectivity index (χ0n) is 18.2. The molecule has 1 saturated heterocycles. The summed E-state index contributed by atoms with van der Waals surface area (Å²) in [5.41, 5.74) is 5.03. The summed E-state index contributed by atoms with van der Waals surface area (Å²) in [6.45, 7) is 7.11. The highest BCUT2D eigenvalue weighted by Crippen LogP contribution is 2.42. The van der Waals surface area contributed by atoms with Crippen LogP contribution >= 0.6 is 0 Å². The predicted octanol–water partition coefficient (Wildman–Crippen LogP) is 3.44. The van der Waals surface area contributed by atoms with Crippen LogP contribution in [0.1, 0.15) is 37.8 Å². The third-order valence-electron chi connectivity index (χ3n) is 5.53. The molecule has 0 aromatic heterocycles. The van der Waals surface area contributed by atoms with Crippen LogP contribution in [0.15, 0.2) is 48.5 Å². The molecule has 0 aliphatic carbocycles. The zero-order chi connectivity index (χ0) is 22.9. The minimum Gasteiger partial charge on any atom is -0.382 e. The standard InChI is InChI=1S/C20H22F2N2O2.C4H10O/c21-17-5-1-14(2-6-17)20(26,15-3-7-18(22)8-4-15)16-9-11-24(12-10-16)13-19(23)25;1-3-5-4-2/h1-8,16,26H,9-13H2,(H2,23,25);3-4H2,1-2H3. The number of hydrogen-bond acceptors (Lipinski definition) is 4. The largest absolute Gasteiger partial charge is 0.382 e. The molecule has 1 amide bonds. The van der Waals surface area contributed by atoms with Gasteiger partial charge >= 0.3 is 0 Å². The van der Waals surface area contributed by atoms with E-state index in [1.165, 1.54) is 24.3 Å². The fourth-order valence-corrected chi connectivity index (χ4v) is 3.98. The molecule has 0 unspecified atom stereocenters. The molecule has 0 atom stereocenters. The molecule has 5 nitrogen and oxygen atoms in total. The smallest absolute Gasteiger partial charge is 0.231 e. The van der Waals surface area contributed by atoms with Crippen molar-refractivity contribution in [2.24, 2.45) is 11.7 Å². The van der Waals surface area contributed by atoms with Gasteiger partial charge in [0.25, 0.3) is 0 Å². The number of aliphatic hydroxyl groups is 1. The molecule has 1 heterocycles. The number of primary amides is 1. The van der Waals surface area contributed by atoms with Crippen molar-refractivity contribution in [1.82, 2.24) is 4.90 Å². The quantitative estimate of drug-likeness (QED) is 0.700. The summed E-state index contributed by atoms with van der Waals surface area (Å²) < 4.78 is 31.6. The van der Waals surface area contributed by atoms with Gasteiger partial charge in [0.05, 0.1) is 6.54 Å². The molecule has 1 fully saturated rings. The highest BCUT2D eigenvalue weighted by atomic mass is 19.1. The van der Waals surface area contributed by atoms with Gasteiger partial charge in [-0.1, -0.05) is 24.3 Å². The van der Waals surface area contributed by atoms with Gasteiger partial charge in [-0.25, -0.2) is 8.78 Å². The summed E-state index contributed by atoms with van der Waals surface area (Å²) >= 11 is 0. The van der Waals surface area contributed by atoms with Gasteiger partial charge in [0.2, 0.25) is 5.91 Å². The van der Waals surface area contributed by atoms with Crippen molar-refractivity contribution in [1.29, 1.82) is 0 Å². The molecule has 0 saturated carbocycles. The van der Waals surface area contributed by atoms with Gasteiger partial charge in [0, 0.05) is 13.2 Å². The van der Waals surface area contributed by atoms with Crippen molar-refractivity contribution >= 4 is 5.91 Å². The highest BCUT2D eigenvalue weighted by molar-refractivity contribution is 5.75. The molecular weight excluding hydrogens is 402 g/mol. The summed E-state index contributed by atoms with van der Waals surface area (Å²) in [5, 5.41) is 11.7. The minimum absolute atomic E-state index is 0.150. The first-order chi connectivity index (χ1) is 14.8. The van der Waals surface area contributed by atoms with Crippen LogP contribution in [0, 0.1) is 17.6 Å². The number of hydrogen-bond donors (Lipinski definition) is 2. The second kappa shape index (κ2) is 11.9. The predicted molar refractivity (Wildman–Crippen MR) is 116 cm³/mol. The number of carbonyl (C=O) groups excluding carboxylic acids is 1. The Balaban J connectivity index is 0.000000614. The van der Waals surface area contributed by atoms with E-state index in [1.54, 1.807) is 24.3 Å². The lowest BCUT2D eigenvalue weighted by molar-refractivity contribution is -0.119. The summed E-state index contributed by atoms with van der Waals surface area (Å²) in [4.78, 5) is 13.1. The Hall–Kier alpha value is -2.35. The maximum absolute atomic E-state index is 13.4. The second-order valence-corrected chi connectivity index (χ2v) is 7.58. The normalized spacial score (nSPS) is 15.3. The SMILES string of the molecule is CCOCC.NC(=O)CN1CCC(C(O)(c2ccc(F)cc2)c2ccc(F)cc2)CC1. The van der Waals surface area contributed by atoms with Gasteiger partial charge in [0.15, 0.2) is 0 Å². The first kappa shape index (κ1) is 24.9. The molecule has 2 aromatic carbocycles. The Morgan fingerprint density at radius 3 is 1.74 bits per heavy atom. The number of nitrogens with two attached hydrogens (primary N) is 1. The number of halogens is 2. The minimum atomic E-state index is -1.36. The third kappa shape index (κ3) is 6.82. The zero-order valence-corrected chi connectivity index (χ0v) is 18.2. The first-order valence-corrected chi connectivity index (χ1v) is 10.6. The Bertz CT molecular complexity index is 757. The molecule has 3 rings (SSSR count). The topological polar surface area (TPSA) is 75.8 Å². The number of rotatable bonds is 7.